The summed E-state index contributed by atoms with van der Waals surface area (Å²) >= 11 is 0. The van der Waals surface area contributed by atoms with Crippen LogP contribution in [0.5, 0.6) is 0 Å². The highest BCUT2D eigenvalue weighted by molar-refractivity contribution is 5.23. The fourth-order valence-electron chi connectivity index (χ4n) is 1.24. The molecule has 0 aliphatic heterocycles. The van der Waals surface area contributed by atoms with Crippen LogP contribution in [0.4, 0.5) is 4.39 Å². The molecule has 0 aliphatic rings. The highest BCUT2D eigenvalue weighted by atomic mass is 19.1. The summed E-state index contributed by atoms with van der Waals surface area (Å²) in [6.07, 6.45) is 1.75. The zero-order valence-electron chi connectivity index (χ0n) is 7.41. The van der Waals surface area contributed by atoms with E-state index in [1.807, 2.05) is 6.07 Å². The van der Waals surface area contributed by atoms with Crippen LogP contribution in [-0.4, -0.2) is 11.8 Å². The quantitative estimate of drug-likeness (QED) is 0.705. The zero-order chi connectivity index (χ0) is 9.73. The number of benzene rings is 1. The Balaban J connectivity index is 2.95. The largest absolute Gasteiger partial charge is 0.382 e. The molecule has 1 unspecified atom stereocenters. The fraction of sp³-hybridized carbons (Fsp3) is 0.273. The second-order valence-corrected chi connectivity index (χ2v) is 3.02. The van der Waals surface area contributed by atoms with Crippen molar-refractivity contribution in [2.45, 2.75) is 12.0 Å². The number of alkyl halides is 1. The number of hydrogen-bond acceptors (Lipinski definition) is 1. The Morgan fingerprint density at radius 2 is 2.00 bits per heavy atom. The van der Waals surface area contributed by atoms with Gasteiger partial charge >= 0.3 is 0 Å². The lowest BCUT2D eigenvalue weighted by atomic mass is 9.92. The van der Waals surface area contributed by atoms with E-state index in [4.69, 9.17) is 0 Å². The molecule has 0 spiro atoms. The van der Waals surface area contributed by atoms with Gasteiger partial charge < -0.3 is 5.11 Å². The molecule has 0 radical (unpaired) electrons. The van der Waals surface area contributed by atoms with Gasteiger partial charge in [0.2, 0.25) is 0 Å². The molecule has 2 heteroatoms. The van der Waals surface area contributed by atoms with Crippen molar-refractivity contribution in [2.75, 3.05) is 6.67 Å². The van der Waals surface area contributed by atoms with Crippen molar-refractivity contribution < 1.29 is 9.50 Å². The lowest BCUT2D eigenvalue weighted by Gasteiger charge is -2.23. The van der Waals surface area contributed by atoms with Crippen molar-refractivity contribution in [2.24, 2.45) is 0 Å². The molecule has 0 saturated carbocycles. The summed E-state index contributed by atoms with van der Waals surface area (Å²) in [7, 11) is 0. The molecule has 1 rings (SSSR count). The van der Waals surface area contributed by atoms with Crippen LogP contribution in [0, 0.1) is 0 Å². The Morgan fingerprint density at radius 3 is 2.46 bits per heavy atom. The average Bonchev–Trinajstić information content (AvgIpc) is 2.19. The van der Waals surface area contributed by atoms with Crippen LogP contribution >= 0.6 is 0 Å². The van der Waals surface area contributed by atoms with Crippen molar-refractivity contribution in [1.82, 2.24) is 0 Å². The van der Waals surface area contributed by atoms with E-state index in [0.717, 1.165) is 0 Å². The molecule has 70 valence electrons. The maximum absolute atomic E-state index is 12.6. The summed E-state index contributed by atoms with van der Waals surface area (Å²) in [6.45, 7) is 2.70. The minimum Gasteiger partial charge on any atom is -0.382 e. The van der Waals surface area contributed by atoms with E-state index >= 15 is 0 Å². The first-order valence-electron chi connectivity index (χ1n) is 4.18. The van der Waals surface area contributed by atoms with Crippen LogP contribution in [0.3, 0.4) is 0 Å². The third-order valence-electron chi connectivity index (χ3n) is 2.01. The van der Waals surface area contributed by atoms with E-state index in [0.29, 0.717) is 5.56 Å². The van der Waals surface area contributed by atoms with Crippen LogP contribution in [0.1, 0.15) is 12.0 Å². The molecule has 1 nitrogen and oxygen atoms in total. The Bertz CT molecular complexity index is 271. The maximum Gasteiger partial charge on any atom is 0.123 e. The van der Waals surface area contributed by atoms with E-state index in [1.165, 1.54) is 6.08 Å². The van der Waals surface area contributed by atoms with Gasteiger partial charge in [0.1, 0.15) is 12.3 Å². The predicted molar refractivity (Wildman–Crippen MR) is 51.1 cm³/mol. The van der Waals surface area contributed by atoms with Gasteiger partial charge in [0, 0.05) is 6.42 Å². The lowest BCUT2D eigenvalue weighted by molar-refractivity contribution is 0.0139. The normalized spacial score (nSPS) is 14.9. The fourth-order valence-corrected chi connectivity index (χ4v) is 1.24. The summed E-state index contributed by atoms with van der Waals surface area (Å²) in [4.78, 5) is 0. The molecule has 0 aromatic heterocycles. The Labute approximate surface area is 77.5 Å². The van der Waals surface area contributed by atoms with Crippen LogP contribution in [0.25, 0.3) is 0 Å². The number of rotatable bonds is 4. The van der Waals surface area contributed by atoms with Gasteiger partial charge in [0.15, 0.2) is 0 Å². The second-order valence-electron chi connectivity index (χ2n) is 3.02. The molecule has 0 bridgehead atoms. The van der Waals surface area contributed by atoms with Crippen LogP contribution < -0.4 is 0 Å². The topological polar surface area (TPSA) is 20.2 Å². The smallest absolute Gasteiger partial charge is 0.123 e. The number of hydrogen-bond donors (Lipinski definition) is 1. The monoisotopic (exact) mass is 180 g/mol. The molecule has 1 atom stereocenters. The number of halogens is 1. The predicted octanol–water partition coefficient (Wildman–Crippen LogP) is 2.42. The summed E-state index contributed by atoms with van der Waals surface area (Å²) in [5.74, 6) is 0. The first-order chi connectivity index (χ1) is 6.23. The minimum absolute atomic E-state index is 0.230. The van der Waals surface area contributed by atoms with Crippen molar-refractivity contribution in [3.63, 3.8) is 0 Å². The first-order valence-corrected chi connectivity index (χ1v) is 4.18. The molecule has 1 aromatic carbocycles. The number of aliphatic hydroxyl groups is 1. The minimum atomic E-state index is -1.40. The van der Waals surface area contributed by atoms with Crippen LogP contribution in [0.2, 0.25) is 0 Å². The Morgan fingerprint density at radius 1 is 1.38 bits per heavy atom. The molecule has 0 saturated heterocycles. The van der Waals surface area contributed by atoms with E-state index < -0.39 is 12.3 Å². The molecule has 0 aliphatic carbocycles. The van der Waals surface area contributed by atoms with Crippen molar-refractivity contribution in [1.29, 1.82) is 0 Å². The van der Waals surface area contributed by atoms with Gasteiger partial charge in [-0.05, 0) is 5.56 Å². The SMILES string of the molecule is C=CCC(O)(CF)c1ccccc1. The van der Waals surface area contributed by atoms with Gasteiger partial charge in [-0.15, -0.1) is 6.58 Å². The van der Waals surface area contributed by atoms with Crippen molar-refractivity contribution in [3.8, 4) is 0 Å². The van der Waals surface area contributed by atoms with Gasteiger partial charge in [-0.25, -0.2) is 4.39 Å². The van der Waals surface area contributed by atoms with E-state index in [2.05, 4.69) is 6.58 Å². The molecule has 1 aromatic rings. The third-order valence-corrected chi connectivity index (χ3v) is 2.01. The second kappa shape index (κ2) is 4.19. The van der Waals surface area contributed by atoms with Crippen molar-refractivity contribution >= 4 is 0 Å². The molecular weight excluding hydrogens is 167 g/mol. The standard InChI is InChI=1S/C11H13FO/c1-2-8-11(13,9-12)10-6-4-3-5-7-10/h2-7,13H,1,8-9H2. The summed E-state index contributed by atoms with van der Waals surface area (Å²) < 4.78 is 12.6. The van der Waals surface area contributed by atoms with Gasteiger partial charge in [-0.2, -0.15) is 0 Å². The summed E-state index contributed by atoms with van der Waals surface area (Å²) in [5.41, 5.74) is -0.805. The molecule has 0 heterocycles. The summed E-state index contributed by atoms with van der Waals surface area (Å²) in [6, 6.07) is 8.81. The zero-order valence-corrected chi connectivity index (χ0v) is 7.41. The van der Waals surface area contributed by atoms with Gasteiger partial charge in [-0.3, -0.25) is 0 Å². The van der Waals surface area contributed by atoms with E-state index in [-0.39, 0.29) is 6.42 Å². The van der Waals surface area contributed by atoms with E-state index in [1.54, 1.807) is 24.3 Å². The van der Waals surface area contributed by atoms with Crippen LogP contribution in [-0.2, 0) is 5.60 Å². The molecule has 1 N–H and O–H groups in total. The Hall–Kier alpha value is -1.15. The molecular formula is C11H13FO. The molecule has 0 amide bonds. The molecule has 13 heavy (non-hydrogen) atoms. The highest BCUT2D eigenvalue weighted by Crippen LogP contribution is 2.25. The Kier molecular flexibility index (Phi) is 3.20. The van der Waals surface area contributed by atoms with Crippen LogP contribution in [0.15, 0.2) is 43.0 Å². The van der Waals surface area contributed by atoms with E-state index in [9.17, 15) is 9.50 Å². The highest BCUT2D eigenvalue weighted by Gasteiger charge is 2.27. The average molecular weight is 180 g/mol. The van der Waals surface area contributed by atoms with Gasteiger partial charge in [0.25, 0.3) is 0 Å². The first kappa shape index (κ1) is 9.93. The lowest BCUT2D eigenvalue weighted by Crippen LogP contribution is -2.27. The van der Waals surface area contributed by atoms with Gasteiger partial charge in [-0.1, -0.05) is 36.4 Å². The summed E-state index contributed by atoms with van der Waals surface area (Å²) in [5, 5.41) is 9.85. The van der Waals surface area contributed by atoms with Gasteiger partial charge in [0.05, 0.1) is 0 Å². The van der Waals surface area contributed by atoms with Crippen molar-refractivity contribution in [3.05, 3.63) is 48.6 Å². The molecule has 0 fully saturated rings. The third kappa shape index (κ3) is 2.16. The maximum atomic E-state index is 12.6.